The molecule has 0 fully saturated rings. The maximum absolute atomic E-state index is 12.9. The summed E-state index contributed by atoms with van der Waals surface area (Å²) in [5.41, 5.74) is 0.644. The number of methoxy groups -OCH3 is 1. The van der Waals surface area contributed by atoms with Crippen molar-refractivity contribution in [2.24, 2.45) is 0 Å². The molecule has 1 aromatic carbocycles. The maximum Gasteiger partial charge on any atom is 0.290 e. The third kappa shape index (κ3) is 3.70. The molecule has 2 heterocycles. The van der Waals surface area contributed by atoms with Crippen LogP contribution >= 0.6 is 0 Å². The minimum Gasteiger partial charge on any atom is -0.503 e. The second-order valence-electron chi connectivity index (χ2n) is 6.13. The highest BCUT2D eigenvalue weighted by Gasteiger charge is 2.44. The van der Waals surface area contributed by atoms with Crippen LogP contribution in [0.1, 0.15) is 22.2 Å². The summed E-state index contributed by atoms with van der Waals surface area (Å²) in [5.74, 6) is -1.05. The van der Waals surface area contributed by atoms with Crippen molar-refractivity contribution in [3.8, 4) is 5.75 Å². The zero-order chi connectivity index (χ0) is 20.1. The lowest BCUT2D eigenvalue weighted by Gasteiger charge is -2.26. The molecule has 28 heavy (non-hydrogen) atoms. The number of nitrogens with zero attached hydrogens (tertiary/aromatic N) is 1. The highest BCUT2D eigenvalue weighted by atomic mass is 16.5. The van der Waals surface area contributed by atoms with Gasteiger partial charge in [-0.1, -0.05) is 24.8 Å². The number of ether oxygens (including phenoxy) is 2. The second-order valence-corrected chi connectivity index (χ2v) is 6.13. The number of amides is 1. The van der Waals surface area contributed by atoms with E-state index < -0.39 is 23.5 Å². The Kier molecular flexibility index (Phi) is 5.96. The summed E-state index contributed by atoms with van der Waals surface area (Å²) in [4.78, 5) is 27.0. The molecule has 0 radical (unpaired) electrons. The average Bonchev–Trinajstić information content (AvgIpc) is 3.33. The van der Waals surface area contributed by atoms with Crippen LogP contribution in [0.3, 0.4) is 0 Å². The Hall–Kier alpha value is -3.32. The molecule has 0 spiro atoms. The van der Waals surface area contributed by atoms with E-state index >= 15 is 0 Å². The summed E-state index contributed by atoms with van der Waals surface area (Å²) in [6.07, 6.45) is 3.00. The van der Waals surface area contributed by atoms with Gasteiger partial charge in [0.25, 0.3) is 5.91 Å². The van der Waals surface area contributed by atoms with Crippen LogP contribution in [0.25, 0.3) is 0 Å². The van der Waals surface area contributed by atoms with E-state index in [1.165, 1.54) is 24.3 Å². The lowest BCUT2D eigenvalue weighted by molar-refractivity contribution is -0.130. The molecule has 2 aromatic rings. The largest absolute Gasteiger partial charge is 0.503 e. The third-order valence-electron chi connectivity index (χ3n) is 4.39. The monoisotopic (exact) mass is 383 g/mol. The van der Waals surface area contributed by atoms with Gasteiger partial charge in [0.15, 0.2) is 11.5 Å². The molecule has 146 valence electrons. The third-order valence-corrected chi connectivity index (χ3v) is 4.39. The Morgan fingerprint density at radius 3 is 2.68 bits per heavy atom. The molecule has 1 amide bonds. The number of carbonyl (C=O) groups excluding carboxylic acids is 2. The van der Waals surface area contributed by atoms with Gasteiger partial charge in [-0.05, 0) is 29.8 Å². The van der Waals surface area contributed by atoms with Crippen molar-refractivity contribution >= 4 is 11.7 Å². The van der Waals surface area contributed by atoms with E-state index in [0.717, 1.165) is 0 Å². The predicted molar refractivity (Wildman–Crippen MR) is 101 cm³/mol. The molecule has 0 bridgehead atoms. The van der Waals surface area contributed by atoms with Gasteiger partial charge in [0.05, 0.1) is 24.5 Å². The molecular weight excluding hydrogens is 362 g/mol. The van der Waals surface area contributed by atoms with Crippen LogP contribution in [-0.4, -0.2) is 48.6 Å². The number of ketones is 1. The molecule has 1 aromatic heterocycles. The number of hydrogen-bond acceptors (Lipinski definition) is 6. The van der Waals surface area contributed by atoms with Crippen LogP contribution in [0.5, 0.6) is 5.75 Å². The standard InChI is InChI=1S/C21H21NO6/c1-3-11-27-15-8-6-14(7-9-15)18-17(19(23)16-5-4-12-28-16)20(24)21(25)22(18)10-13-26-2/h3-9,12,18,24H,1,10-11,13H2,2H3/t18-/m1/s1. The van der Waals surface area contributed by atoms with Gasteiger partial charge < -0.3 is 23.9 Å². The van der Waals surface area contributed by atoms with Crippen molar-refractivity contribution < 1.29 is 28.6 Å². The highest BCUT2D eigenvalue weighted by molar-refractivity contribution is 6.15. The van der Waals surface area contributed by atoms with Gasteiger partial charge in [0.1, 0.15) is 12.4 Å². The fourth-order valence-corrected chi connectivity index (χ4v) is 3.09. The van der Waals surface area contributed by atoms with E-state index in [9.17, 15) is 14.7 Å². The SMILES string of the molecule is C=CCOc1ccc([C@@H]2C(C(=O)c3ccco3)=C(O)C(=O)N2CCOC)cc1. The number of furan rings is 1. The molecule has 7 heteroatoms. The predicted octanol–water partition coefficient (Wildman–Crippen LogP) is 3.07. The fourth-order valence-electron chi connectivity index (χ4n) is 3.09. The van der Waals surface area contributed by atoms with Gasteiger partial charge in [-0.15, -0.1) is 0 Å². The lowest BCUT2D eigenvalue weighted by Crippen LogP contribution is -2.33. The number of hydrogen-bond donors (Lipinski definition) is 1. The summed E-state index contributed by atoms with van der Waals surface area (Å²) in [6.45, 7) is 4.45. The summed E-state index contributed by atoms with van der Waals surface area (Å²) in [5, 5.41) is 10.4. The van der Waals surface area contributed by atoms with Gasteiger partial charge >= 0.3 is 0 Å². The number of aliphatic hydroxyl groups excluding tert-OH is 1. The van der Waals surface area contributed by atoms with E-state index in [1.54, 1.807) is 36.4 Å². The van der Waals surface area contributed by atoms with Crippen molar-refractivity contribution in [1.29, 1.82) is 0 Å². The van der Waals surface area contributed by atoms with Crippen LogP contribution in [0.4, 0.5) is 0 Å². The molecular formula is C21H21NO6. The first-order valence-corrected chi connectivity index (χ1v) is 8.73. The van der Waals surface area contributed by atoms with Crippen molar-refractivity contribution in [2.75, 3.05) is 26.9 Å². The molecule has 1 aliphatic rings. The number of Topliss-reactive ketones (excluding diaryl/α,β-unsaturated/α-hetero) is 1. The smallest absolute Gasteiger partial charge is 0.290 e. The summed E-state index contributed by atoms with van der Waals surface area (Å²) < 4.78 is 15.7. The minimum absolute atomic E-state index is 0.0178. The number of rotatable bonds is 9. The highest BCUT2D eigenvalue weighted by Crippen LogP contribution is 2.39. The molecule has 0 aliphatic carbocycles. The van der Waals surface area contributed by atoms with E-state index in [2.05, 4.69) is 6.58 Å². The minimum atomic E-state index is -0.756. The Morgan fingerprint density at radius 2 is 2.07 bits per heavy atom. The topological polar surface area (TPSA) is 89.2 Å². The Bertz CT molecular complexity index is 882. The normalized spacial score (nSPS) is 16.5. The van der Waals surface area contributed by atoms with E-state index in [-0.39, 0.29) is 24.5 Å². The van der Waals surface area contributed by atoms with Crippen molar-refractivity contribution in [3.63, 3.8) is 0 Å². The van der Waals surface area contributed by atoms with Gasteiger partial charge in [-0.2, -0.15) is 0 Å². The van der Waals surface area contributed by atoms with Gasteiger partial charge in [-0.3, -0.25) is 9.59 Å². The molecule has 1 atom stereocenters. The molecule has 0 unspecified atom stereocenters. The first-order valence-electron chi connectivity index (χ1n) is 8.73. The van der Waals surface area contributed by atoms with Crippen LogP contribution in [0, 0.1) is 0 Å². The number of benzene rings is 1. The average molecular weight is 383 g/mol. The van der Waals surface area contributed by atoms with E-state index in [0.29, 0.717) is 17.9 Å². The number of aliphatic hydroxyl groups is 1. The molecule has 0 saturated carbocycles. The summed E-state index contributed by atoms with van der Waals surface area (Å²) in [6, 6.07) is 9.30. The molecule has 0 saturated heterocycles. The molecule has 1 aliphatic heterocycles. The zero-order valence-corrected chi connectivity index (χ0v) is 15.5. The number of carbonyl (C=O) groups is 2. The van der Waals surface area contributed by atoms with Crippen molar-refractivity contribution in [2.45, 2.75) is 6.04 Å². The zero-order valence-electron chi connectivity index (χ0n) is 15.5. The van der Waals surface area contributed by atoms with Crippen LogP contribution < -0.4 is 4.74 Å². The quantitative estimate of drug-likeness (QED) is 0.529. The Morgan fingerprint density at radius 1 is 1.32 bits per heavy atom. The summed E-state index contributed by atoms with van der Waals surface area (Å²) in [7, 11) is 1.52. The molecule has 7 nitrogen and oxygen atoms in total. The van der Waals surface area contributed by atoms with E-state index in [1.807, 2.05) is 0 Å². The van der Waals surface area contributed by atoms with Gasteiger partial charge in [0.2, 0.25) is 5.78 Å². The second kappa shape index (κ2) is 8.58. The Balaban J connectivity index is 1.99. The van der Waals surface area contributed by atoms with Crippen LogP contribution in [-0.2, 0) is 9.53 Å². The first-order chi connectivity index (χ1) is 13.6. The van der Waals surface area contributed by atoms with Gasteiger partial charge in [0, 0.05) is 13.7 Å². The van der Waals surface area contributed by atoms with Gasteiger partial charge in [-0.25, -0.2) is 0 Å². The lowest BCUT2D eigenvalue weighted by atomic mass is 9.95. The Labute approximate surface area is 162 Å². The summed E-state index contributed by atoms with van der Waals surface area (Å²) >= 11 is 0. The first kappa shape index (κ1) is 19.4. The fraction of sp³-hybridized carbons (Fsp3) is 0.238. The molecule has 3 rings (SSSR count). The van der Waals surface area contributed by atoms with Crippen LogP contribution in [0.2, 0.25) is 0 Å². The van der Waals surface area contributed by atoms with Crippen LogP contribution in [0.15, 0.2) is 71.1 Å². The van der Waals surface area contributed by atoms with E-state index in [4.69, 9.17) is 13.9 Å². The van der Waals surface area contributed by atoms with Crippen molar-refractivity contribution in [3.05, 3.63) is 78.0 Å². The van der Waals surface area contributed by atoms with Crippen molar-refractivity contribution in [1.82, 2.24) is 4.90 Å². The molecule has 1 N–H and O–H groups in total. The maximum atomic E-state index is 12.9.